The molecule has 8 nitrogen and oxygen atoms in total. The van der Waals surface area contributed by atoms with Crippen LogP contribution in [0.25, 0.3) is 0 Å². The standard InChI is InChI=1S/C10H18O4.C9H15ClO4.CH4/c1-5-6-7-8(9(11-4)12-6)14-10(2,3)13-7;1-9(2)13-6-5(4-10)12-8(11-3)7(6)14-9;/h6-9H,5H2,1-4H3;5-8H,4H2,1-3H3;1H4/t6-,7-,8-,9?;5-,6-,7-,8?;/m11./s1. The number of methoxy groups -OCH3 is 2. The number of halogens is 1. The van der Waals surface area contributed by atoms with Gasteiger partial charge in [-0.05, 0) is 34.1 Å². The number of rotatable bonds is 4. The normalized spacial score (nSPS) is 43.9. The molecular weight excluding hydrogens is 404 g/mol. The second-order valence-electron chi connectivity index (χ2n) is 8.25. The fourth-order valence-corrected chi connectivity index (χ4v) is 4.37. The molecule has 9 heteroatoms. The van der Waals surface area contributed by atoms with Gasteiger partial charge in [-0.3, -0.25) is 0 Å². The van der Waals surface area contributed by atoms with Crippen molar-refractivity contribution in [3.05, 3.63) is 0 Å². The summed E-state index contributed by atoms with van der Waals surface area (Å²) in [5, 5.41) is 0. The fourth-order valence-electron chi connectivity index (χ4n) is 4.12. The van der Waals surface area contributed by atoms with E-state index in [1.54, 1.807) is 14.2 Å². The average molecular weight is 441 g/mol. The van der Waals surface area contributed by atoms with Crippen LogP contribution in [0, 0.1) is 0 Å². The van der Waals surface area contributed by atoms with Gasteiger partial charge in [0, 0.05) is 14.2 Å². The van der Waals surface area contributed by atoms with E-state index in [1.165, 1.54) is 0 Å². The molecule has 2 unspecified atom stereocenters. The van der Waals surface area contributed by atoms with E-state index >= 15 is 0 Å². The topological polar surface area (TPSA) is 73.8 Å². The highest BCUT2D eigenvalue weighted by molar-refractivity contribution is 6.18. The van der Waals surface area contributed by atoms with Crippen LogP contribution in [0.4, 0.5) is 0 Å². The molecule has 0 radical (unpaired) electrons. The zero-order valence-electron chi connectivity index (χ0n) is 17.7. The summed E-state index contributed by atoms with van der Waals surface area (Å²) < 4.78 is 44.4. The fraction of sp³-hybridized carbons (Fsp3) is 1.00. The van der Waals surface area contributed by atoms with Gasteiger partial charge >= 0.3 is 0 Å². The molecule has 4 rings (SSSR count). The van der Waals surface area contributed by atoms with Crippen LogP contribution in [-0.4, -0.2) is 80.9 Å². The minimum absolute atomic E-state index is 0. The third kappa shape index (κ3) is 5.25. The highest BCUT2D eigenvalue weighted by Crippen LogP contribution is 2.40. The van der Waals surface area contributed by atoms with Gasteiger partial charge in [-0.15, -0.1) is 11.6 Å². The first-order valence-electron chi connectivity index (χ1n) is 9.78. The molecule has 0 aromatic carbocycles. The Morgan fingerprint density at radius 1 is 0.724 bits per heavy atom. The van der Waals surface area contributed by atoms with Gasteiger partial charge < -0.3 is 37.9 Å². The molecule has 0 spiro atoms. The van der Waals surface area contributed by atoms with E-state index in [0.29, 0.717) is 5.88 Å². The predicted octanol–water partition coefficient (Wildman–Crippen LogP) is 3.04. The van der Waals surface area contributed by atoms with Crippen LogP contribution in [-0.2, 0) is 37.9 Å². The van der Waals surface area contributed by atoms with Gasteiger partial charge in [0.2, 0.25) is 0 Å². The molecule has 29 heavy (non-hydrogen) atoms. The highest BCUT2D eigenvalue weighted by Gasteiger charge is 2.56. The van der Waals surface area contributed by atoms with E-state index < -0.39 is 11.6 Å². The monoisotopic (exact) mass is 440 g/mol. The molecule has 0 saturated carbocycles. The zero-order chi connectivity index (χ0) is 20.7. The SMILES string of the molecule is C.CC[C@H]1OC(OC)[C@@H]2OC(C)(C)O[C@H]12.COC1O[C@H](CCl)[C@H]2OC(C)(C)O[C@@H]12. The zero-order valence-corrected chi connectivity index (χ0v) is 18.4. The Labute approximate surface area is 179 Å². The van der Waals surface area contributed by atoms with E-state index in [4.69, 9.17) is 49.5 Å². The van der Waals surface area contributed by atoms with Crippen molar-refractivity contribution in [2.75, 3.05) is 20.1 Å². The molecule has 0 aromatic heterocycles. The summed E-state index contributed by atoms with van der Waals surface area (Å²) in [5.41, 5.74) is 0. The number of fused-ring (bicyclic) bond motifs is 2. The lowest BCUT2D eigenvalue weighted by Crippen LogP contribution is -2.30. The Balaban J connectivity index is 0.000000200. The first-order valence-corrected chi connectivity index (χ1v) is 10.3. The number of alkyl halides is 1. The molecule has 0 N–H and O–H groups in total. The third-order valence-electron chi connectivity index (χ3n) is 5.23. The van der Waals surface area contributed by atoms with Crippen molar-refractivity contribution in [3.8, 4) is 0 Å². The lowest BCUT2D eigenvalue weighted by molar-refractivity contribution is -0.227. The molecule has 4 aliphatic rings. The lowest BCUT2D eigenvalue weighted by Gasteiger charge is -2.22. The molecule has 0 aliphatic carbocycles. The number of hydrogen-bond acceptors (Lipinski definition) is 8. The van der Waals surface area contributed by atoms with Gasteiger partial charge in [-0.25, -0.2) is 0 Å². The average Bonchev–Trinajstić information content (AvgIpc) is 3.31. The van der Waals surface area contributed by atoms with Gasteiger partial charge in [0.25, 0.3) is 0 Å². The number of hydrogen-bond donors (Lipinski definition) is 0. The highest BCUT2D eigenvalue weighted by atomic mass is 35.5. The summed E-state index contributed by atoms with van der Waals surface area (Å²) in [4.78, 5) is 0. The van der Waals surface area contributed by atoms with Crippen LogP contribution in [0.3, 0.4) is 0 Å². The second-order valence-corrected chi connectivity index (χ2v) is 8.56. The molecule has 0 amide bonds. The molecular formula is C20H37ClO8. The lowest BCUT2D eigenvalue weighted by atomic mass is 10.1. The number of ether oxygens (including phenoxy) is 8. The molecule has 4 heterocycles. The van der Waals surface area contributed by atoms with Gasteiger partial charge in [0.1, 0.15) is 30.5 Å². The summed E-state index contributed by atoms with van der Waals surface area (Å²) in [6.07, 6.45) is -0.149. The summed E-state index contributed by atoms with van der Waals surface area (Å²) in [6.45, 7) is 9.68. The first-order chi connectivity index (χ1) is 13.1. The van der Waals surface area contributed by atoms with E-state index in [9.17, 15) is 0 Å². The molecule has 0 aromatic rings. The summed E-state index contributed by atoms with van der Waals surface area (Å²) in [7, 11) is 3.22. The van der Waals surface area contributed by atoms with Gasteiger partial charge in [0.15, 0.2) is 24.2 Å². The maximum Gasteiger partial charge on any atom is 0.186 e. The summed E-state index contributed by atoms with van der Waals surface area (Å²) in [5.74, 6) is -0.690. The summed E-state index contributed by atoms with van der Waals surface area (Å²) >= 11 is 5.77. The molecule has 4 aliphatic heterocycles. The van der Waals surface area contributed by atoms with Crippen LogP contribution in [0.5, 0.6) is 0 Å². The van der Waals surface area contributed by atoms with E-state index in [-0.39, 0.29) is 56.6 Å². The van der Waals surface area contributed by atoms with Crippen molar-refractivity contribution in [1.82, 2.24) is 0 Å². The Morgan fingerprint density at radius 3 is 1.48 bits per heavy atom. The second kappa shape index (κ2) is 9.63. The first kappa shape index (κ1) is 25.2. The van der Waals surface area contributed by atoms with Crippen molar-refractivity contribution in [1.29, 1.82) is 0 Å². The van der Waals surface area contributed by atoms with E-state index in [2.05, 4.69) is 6.92 Å². The van der Waals surface area contributed by atoms with Crippen molar-refractivity contribution < 1.29 is 37.9 Å². The third-order valence-corrected chi connectivity index (χ3v) is 5.54. The smallest absolute Gasteiger partial charge is 0.186 e. The van der Waals surface area contributed by atoms with Crippen molar-refractivity contribution in [2.45, 2.75) is 109 Å². The minimum Gasteiger partial charge on any atom is -0.353 e. The van der Waals surface area contributed by atoms with Gasteiger partial charge in [0.05, 0.1) is 12.0 Å². The van der Waals surface area contributed by atoms with E-state index in [1.807, 2.05) is 27.7 Å². The minimum atomic E-state index is -0.569. The molecule has 172 valence electrons. The van der Waals surface area contributed by atoms with Crippen LogP contribution in [0.15, 0.2) is 0 Å². The van der Waals surface area contributed by atoms with Gasteiger partial charge in [-0.2, -0.15) is 0 Å². The Hall–Kier alpha value is -0.0300. The molecule has 4 fully saturated rings. The maximum atomic E-state index is 5.78. The molecule has 4 saturated heterocycles. The van der Waals surface area contributed by atoms with Crippen LogP contribution >= 0.6 is 11.6 Å². The quantitative estimate of drug-likeness (QED) is 0.617. The van der Waals surface area contributed by atoms with Crippen molar-refractivity contribution in [2.24, 2.45) is 0 Å². The maximum absolute atomic E-state index is 5.78. The molecule has 8 atom stereocenters. The Bertz CT molecular complexity index is 445. The van der Waals surface area contributed by atoms with Crippen LogP contribution in [0.1, 0.15) is 48.5 Å². The van der Waals surface area contributed by atoms with Crippen molar-refractivity contribution >= 4 is 11.6 Å². The Morgan fingerprint density at radius 2 is 1.10 bits per heavy atom. The van der Waals surface area contributed by atoms with E-state index in [0.717, 1.165) is 6.42 Å². The summed E-state index contributed by atoms with van der Waals surface area (Å²) in [6, 6.07) is 0. The molecule has 0 bridgehead atoms. The van der Waals surface area contributed by atoms with Crippen LogP contribution < -0.4 is 0 Å². The van der Waals surface area contributed by atoms with Crippen LogP contribution in [0.2, 0.25) is 0 Å². The predicted molar refractivity (Wildman–Crippen MR) is 107 cm³/mol. The Kier molecular flexibility index (Phi) is 8.38. The van der Waals surface area contributed by atoms with Gasteiger partial charge in [-0.1, -0.05) is 14.4 Å². The van der Waals surface area contributed by atoms with Crippen molar-refractivity contribution in [3.63, 3.8) is 0 Å². The largest absolute Gasteiger partial charge is 0.353 e.